The van der Waals surface area contributed by atoms with Crippen molar-refractivity contribution in [3.63, 3.8) is 0 Å². The molecule has 2 aromatic carbocycles. The maximum atomic E-state index is 10.4. The largest absolute Gasteiger partial charge is 0.391 e. The van der Waals surface area contributed by atoms with Crippen molar-refractivity contribution in [3.8, 4) is 0 Å². The highest BCUT2D eigenvalue weighted by molar-refractivity contribution is 5.18. The highest BCUT2D eigenvalue weighted by Crippen LogP contribution is 2.22. The van der Waals surface area contributed by atoms with Crippen molar-refractivity contribution < 1.29 is 5.11 Å². The summed E-state index contributed by atoms with van der Waals surface area (Å²) in [5.41, 5.74) is 2.56. The molecule has 2 heteroatoms. The van der Waals surface area contributed by atoms with E-state index in [2.05, 4.69) is 65.6 Å². The second-order valence-electron chi connectivity index (χ2n) is 5.94. The number of hydrogen-bond acceptors (Lipinski definition) is 2. The molecule has 0 saturated carbocycles. The number of nitrogens with zero attached hydrogens (tertiary/aromatic N) is 1. The summed E-state index contributed by atoms with van der Waals surface area (Å²) in [7, 11) is 0. The monoisotopic (exact) mass is 293 g/mol. The molecule has 114 valence electrons. The van der Waals surface area contributed by atoms with Crippen molar-refractivity contribution in [1.29, 1.82) is 0 Å². The Morgan fingerprint density at radius 3 is 1.91 bits per heavy atom. The van der Waals surface area contributed by atoms with Crippen LogP contribution < -0.4 is 0 Å². The van der Waals surface area contributed by atoms with E-state index in [4.69, 9.17) is 0 Å². The van der Waals surface area contributed by atoms with Crippen LogP contribution in [0.3, 0.4) is 0 Å². The van der Waals surface area contributed by atoms with E-state index in [-0.39, 0.29) is 12.1 Å². The maximum absolute atomic E-state index is 10.4. The number of allylic oxidation sites excluding steroid dienone is 1. The van der Waals surface area contributed by atoms with E-state index in [1.807, 2.05) is 12.1 Å². The predicted octanol–water partition coefficient (Wildman–Crippen LogP) is 3.77. The van der Waals surface area contributed by atoms with Crippen molar-refractivity contribution in [2.45, 2.75) is 38.1 Å². The van der Waals surface area contributed by atoms with E-state index in [1.54, 1.807) is 0 Å². The zero-order chi connectivity index (χ0) is 15.2. The molecule has 1 aliphatic rings. The predicted molar refractivity (Wildman–Crippen MR) is 90.3 cm³/mol. The SMILES string of the molecule is OC1CCC=CC1N(Cc1ccccc1)Cc1ccccc1. The minimum Gasteiger partial charge on any atom is -0.391 e. The van der Waals surface area contributed by atoms with Gasteiger partial charge in [-0.3, -0.25) is 4.90 Å². The molecule has 2 aromatic rings. The van der Waals surface area contributed by atoms with Gasteiger partial charge >= 0.3 is 0 Å². The van der Waals surface area contributed by atoms with Gasteiger partial charge in [-0.15, -0.1) is 0 Å². The maximum Gasteiger partial charge on any atom is 0.0734 e. The molecule has 2 unspecified atom stereocenters. The fourth-order valence-electron chi connectivity index (χ4n) is 3.07. The molecule has 2 atom stereocenters. The van der Waals surface area contributed by atoms with E-state index < -0.39 is 0 Å². The van der Waals surface area contributed by atoms with Gasteiger partial charge in [-0.25, -0.2) is 0 Å². The molecule has 0 aliphatic heterocycles. The first kappa shape index (κ1) is 15.0. The topological polar surface area (TPSA) is 23.5 Å². The highest BCUT2D eigenvalue weighted by atomic mass is 16.3. The van der Waals surface area contributed by atoms with Gasteiger partial charge in [0, 0.05) is 13.1 Å². The molecule has 22 heavy (non-hydrogen) atoms. The van der Waals surface area contributed by atoms with Crippen molar-refractivity contribution in [2.75, 3.05) is 0 Å². The van der Waals surface area contributed by atoms with Crippen LogP contribution in [0.15, 0.2) is 72.8 Å². The van der Waals surface area contributed by atoms with Crippen LogP contribution in [0, 0.1) is 0 Å². The van der Waals surface area contributed by atoms with Gasteiger partial charge in [0.1, 0.15) is 0 Å². The third-order valence-electron chi connectivity index (χ3n) is 4.24. The van der Waals surface area contributed by atoms with Gasteiger partial charge in [-0.05, 0) is 24.0 Å². The first-order valence-corrected chi connectivity index (χ1v) is 7.99. The van der Waals surface area contributed by atoms with Crippen molar-refractivity contribution >= 4 is 0 Å². The van der Waals surface area contributed by atoms with Gasteiger partial charge in [0.05, 0.1) is 12.1 Å². The standard InChI is InChI=1S/C20H23NO/c22-20-14-8-7-13-19(20)21(15-17-9-3-1-4-10-17)16-18-11-5-2-6-12-18/h1-7,9-13,19-20,22H,8,14-16H2. The van der Waals surface area contributed by atoms with E-state index in [1.165, 1.54) is 11.1 Å². The number of aliphatic hydroxyl groups excluding tert-OH is 1. The van der Waals surface area contributed by atoms with E-state index in [0.29, 0.717) is 0 Å². The molecule has 2 nitrogen and oxygen atoms in total. The number of benzene rings is 2. The molecule has 0 spiro atoms. The lowest BCUT2D eigenvalue weighted by atomic mass is 9.97. The first-order chi connectivity index (χ1) is 10.8. The van der Waals surface area contributed by atoms with Crippen LogP contribution in [0.4, 0.5) is 0 Å². The fourth-order valence-corrected chi connectivity index (χ4v) is 3.07. The zero-order valence-corrected chi connectivity index (χ0v) is 12.8. The van der Waals surface area contributed by atoms with Gasteiger partial charge in [0.2, 0.25) is 0 Å². The van der Waals surface area contributed by atoms with Crippen molar-refractivity contribution in [3.05, 3.63) is 83.9 Å². The van der Waals surface area contributed by atoms with Gasteiger partial charge in [0.25, 0.3) is 0 Å². The summed E-state index contributed by atoms with van der Waals surface area (Å²) in [6.07, 6.45) is 5.90. The third-order valence-corrected chi connectivity index (χ3v) is 4.24. The molecule has 3 rings (SSSR count). The summed E-state index contributed by atoms with van der Waals surface area (Å²) < 4.78 is 0. The van der Waals surface area contributed by atoms with Crippen LogP contribution in [0.25, 0.3) is 0 Å². The lowest BCUT2D eigenvalue weighted by molar-refractivity contribution is 0.0546. The van der Waals surface area contributed by atoms with E-state index in [9.17, 15) is 5.11 Å². The van der Waals surface area contributed by atoms with Crippen LogP contribution in [0.5, 0.6) is 0 Å². The van der Waals surface area contributed by atoms with Crippen LogP contribution in [0.2, 0.25) is 0 Å². The van der Waals surface area contributed by atoms with Crippen molar-refractivity contribution in [2.24, 2.45) is 0 Å². The Hall–Kier alpha value is -1.90. The second kappa shape index (κ2) is 7.39. The highest BCUT2D eigenvalue weighted by Gasteiger charge is 2.25. The molecule has 0 radical (unpaired) electrons. The Bertz CT molecular complexity index is 552. The smallest absolute Gasteiger partial charge is 0.0734 e. The Balaban J connectivity index is 1.81. The van der Waals surface area contributed by atoms with Crippen LogP contribution in [-0.2, 0) is 13.1 Å². The Labute approximate surface area is 132 Å². The molecule has 0 amide bonds. The average molecular weight is 293 g/mol. The lowest BCUT2D eigenvalue weighted by Crippen LogP contribution is -2.42. The average Bonchev–Trinajstić information content (AvgIpc) is 2.57. The fraction of sp³-hybridized carbons (Fsp3) is 0.300. The van der Waals surface area contributed by atoms with Gasteiger partial charge < -0.3 is 5.11 Å². The summed E-state index contributed by atoms with van der Waals surface area (Å²) >= 11 is 0. The molecule has 0 saturated heterocycles. The second-order valence-corrected chi connectivity index (χ2v) is 5.94. The summed E-state index contributed by atoms with van der Waals surface area (Å²) in [6.45, 7) is 1.70. The Morgan fingerprint density at radius 1 is 0.864 bits per heavy atom. The van der Waals surface area contributed by atoms with Gasteiger partial charge in [0.15, 0.2) is 0 Å². The van der Waals surface area contributed by atoms with Gasteiger partial charge in [-0.2, -0.15) is 0 Å². The van der Waals surface area contributed by atoms with Crippen LogP contribution >= 0.6 is 0 Å². The van der Waals surface area contributed by atoms with Crippen molar-refractivity contribution in [1.82, 2.24) is 4.90 Å². The quantitative estimate of drug-likeness (QED) is 0.848. The molecular formula is C20H23NO. The minimum absolute atomic E-state index is 0.0918. The van der Waals surface area contributed by atoms with Crippen LogP contribution in [-0.4, -0.2) is 22.2 Å². The first-order valence-electron chi connectivity index (χ1n) is 7.99. The van der Waals surface area contributed by atoms with E-state index in [0.717, 1.165) is 25.9 Å². The third kappa shape index (κ3) is 3.85. The molecule has 1 aliphatic carbocycles. The molecule has 0 heterocycles. The molecule has 0 bridgehead atoms. The number of rotatable bonds is 5. The van der Waals surface area contributed by atoms with E-state index >= 15 is 0 Å². The summed E-state index contributed by atoms with van der Waals surface area (Å²) in [5, 5.41) is 10.4. The molecular weight excluding hydrogens is 270 g/mol. The number of aliphatic hydroxyl groups is 1. The Kier molecular flexibility index (Phi) is 5.04. The summed E-state index contributed by atoms with van der Waals surface area (Å²) in [5.74, 6) is 0. The molecule has 1 N–H and O–H groups in total. The molecule has 0 fully saturated rings. The van der Waals surface area contributed by atoms with Crippen LogP contribution in [0.1, 0.15) is 24.0 Å². The minimum atomic E-state index is -0.280. The zero-order valence-electron chi connectivity index (χ0n) is 12.8. The normalized spacial score (nSPS) is 21.2. The Morgan fingerprint density at radius 2 is 1.41 bits per heavy atom. The lowest BCUT2D eigenvalue weighted by Gasteiger charge is -2.35. The number of hydrogen-bond donors (Lipinski definition) is 1. The summed E-state index contributed by atoms with van der Waals surface area (Å²) in [6, 6.07) is 21.1. The molecule has 0 aromatic heterocycles. The van der Waals surface area contributed by atoms with Gasteiger partial charge in [-0.1, -0.05) is 72.8 Å². The summed E-state index contributed by atoms with van der Waals surface area (Å²) in [4.78, 5) is 2.37.